The lowest BCUT2D eigenvalue weighted by Gasteiger charge is -2.18. The minimum absolute atomic E-state index is 0.0927. The second-order valence-electron chi connectivity index (χ2n) is 19.2. The maximum atomic E-state index is 12.8. The molecule has 368 valence electrons. The highest BCUT2D eigenvalue weighted by molar-refractivity contribution is 5.70. The Morgan fingerprint density at radius 3 is 1.00 bits per heavy atom. The van der Waals surface area contributed by atoms with Gasteiger partial charge in [0, 0.05) is 19.4 Å². The number of unbranched alkanes of at least 4 members (excludes halogenated alkanes) is 40. The molecule has 0 spiro atoms. The molecule has 0 fully saturated rings. The Hall–Kier alpha value is -1.36. The van der Waals surface area contributed by atoms with Crippen molar-refractivity contribution in [1.82, 2.24) is 0 Å². The van der Waals surface area contributed by atoms with Crippen LogP contribution in [-0.2, 0) is 23.8 Å². The van der Waals surface area contributed by atoms with Crippen LogP contribution in [0.15, 0.2) is 12.2 Å². The highest BCUT2D eigenvalue weighted by atomic mass is 16.6. The second kappa shape index (κ2) is 54.0. The van der Waals surface area contributed by atoms with Crippen LogP contribution in [0.25, 0.3) is 0 Å². The molecule has 0 rings (SSSR count). The molecule has 0 aromatic carbocycles. The first-order valence-electron chi connectivity index (χ1n) is 28.2. The number of allylic oxidation sites excluding steroid dienone is 2. The van der Waals surface area contributed by atoms with E-state index in [1.54, 1.807) is 0 Å². The van der Waals surface area contributed by atoms with Crippen molar-refractivity contribution in [2.75, 3.05) is 19.8 Å². The SMILES string of the molecule is CCCCCC/C=C\CCCCCCCCOCC(COC(=O)CCCCCCCCCCCCCCCCCCCCC)OC(=O)CCCCCCCCCCCCCCC. The van der Waals surface area contributed by atoms with E-state index in [2.05, 4.69) is 32.9 Å². The number of carbonyl (C=O) groups is 2. The Morgan fingerprint density at radius 2 is 0.629 bits per heavy atom. The molecule has 5 nitrogen and oxygen atoms in total. The van der Waals surface area contributed by atoms with Crippen molar-refractivity contribution in [3.63, 3.8) is 0 Å². The minimum atomic E-state index is -0.529. The van der Waals surface area contributed by atoms with Gasteiger partial charge in [0.15, 0.2) is 6.10 Å². The van der Waals surface area contributed by atoms with E-state index in [1.807, 2.05) is 0 Å². The molecular formula is C57H110O5. The molecule has 0 saturated heterocycles. The van der Waals surface area contributed by atoms with E-state index in [-0.39, 0.29) is 18.5 Å². The molecule has 0 amide bonds. The highest BCUT2D eigenvalue weighted by Crippen LogP contribution is 2.17. The Bertz CT molecular complexity index is 902. The zero-order chi connectivity index (χ0) is 44.9. The van der Waals surface area contributed by atoms with Crippen LogP contribution >= 0.6 is 0 Å². The third kappa shape index (κ3) is 51.3. The van der Waals surface area contributed by atoms with Gasteiger partial charge in [0.25, 0.3) is 0 Å². The van der Waals surface area contributed by atoms with Crippen LogP contribution in [0.5, 0.6) is 0 Å². The average molecular weight is 876 g/mol. The van der Waals surface area contributed by atoms with Gasteiger partial charge in [0.1, 0.15) is 6.61 Å². The molecule has 1 atom stereocenters. The Labute approximate surface area is 388 Å². The van der Waals surface area contributed by atoms with E-state index in [1.165, 1.54) is 244 Å². The quantitative estimate of drug-likeness (QED) is 0.0346. The van der Waals surface area contributed by atoms with Gasteiger partial charge in [-0.1, -0.05) is 270 Å². The summed E-state index contributed by atoms with van der Waals surface area (Å²) in [6.45, 7) is 7.88. The fraction of sp³-hybridized carbons (Fsp3) is 0.930. The van der Waals surface area contributed by atoms with Crippen LogP contribution < -0.4 is 0 Å². The maximum absolute atomic E-state index is 12.8. The normalized spacial score (nSPS) is 12.1. The first-order chi connectivity index (χ1) is 30.6. The van der Waals surface area contributed by atoms with E-state index in [0.717, 1.165) is 38.5 Å². The number of rotatable bonds is 53. The summed E-state index contributed by atoms with van der Waals surface area (Å²) in [6.07, 6.45) is 62.3. The molecule has 0 N–H and O–H groups in total. The molecule has 0 saturated carbocycles. The summed E-state index contributed by atoms with van der Waals surface area (Å²) < 4.78 is 17.5. The fourth-order valence-corrected chi connectivity index (χ4v) is 8.57. The fourth-order valence-electron chi connectivity index (χ4n) is 8.57. The molecule has 0 radical (unpaired) electrons. The zero-order valence-corrected chi connectivity index (χ0v) is 42.4. The van der Waals surface area contributed by atoms with Gasteiger partial charge in [-0.3, -0.25) is 9.59 Å². The smallest absolute Gasteiger partial charge is 0.306 e. The first kappa shape index (κ1) is 60.6. The average Bonchev–Trinajstić information content (AvgIpc) is 3.27. The van der Waals surface area contributed by atoms with E-state index in [4.69, 9.17) is 14.2 Å². The summed E-state index contributed by atoms with van der Waals surface area (Å²) in [7, 11) is 0. The van der Waals surface area contributed by atoms with Gasteiger partial charge in [0.2, 0.25) is 0 Å². The molecule has 0 aliphatic heterocycles. The van der Waals surface area contributed by atoms with Gasteiger partial charge in [-0.2, -0.15) is 0 Å². The van der Waals surface area contributed by atoms with Gasteiger partial charge >= 0.3 is 11.9 Å². The maximum Gasteiger partial charge on any atom is 0.306 e. The van der Waals surface area contributed by atoms with Crippen LogP contribution in [0, 0.1) is 0 Å². The Balaban J connectivity index is 4.16. The summed E-state index contributed by atoms with van der Waals surface area (Å²) in [5, 5.41) is 0. The molecular weight excluding hydrogens is 765 g/mol. The molecule has 5 heteroatoms. The van der Waals surface area contributed by atoms with Crippen molar-refractivity contribution in [3.05, 3.63) is 12.2 Å². The van der Waals surface area contributed by atoms with Gasteiger partial charge < -0.3 is 14.2 Å². The topological polar surface area (TPSA) is 61.8 Å². The van der Waals surface area contributed by atoms with E-state index in [9.17, 15) is 9.59 Å². The lowest BCUT2D eigenvalue weighted by molar-refractivity contribution is -0.163. The van der Waals surface area contributed by atoms with Crippen molar-refractivity contribution in [2.24, 2.45) is 0 Å². The number of hydrogen-bond acceptors (Lipinski definition) is 5. The van der Waals surface area contributed by atoms with Gasteiger partial charge in [-0.25, -0.2) is 0 Å². The number of esters is 2. The predicted molar refractivity (Wildman–Crippen MR) is 270 cm³/mol. The van der Waals surface area contributed by atoms with Crippen LogP contribution in [-0.4, -0.2) is 37.9 Å². The number of ether oxygens (including phenoxy) is 3. The third-order valence-corrected chi connectivity index (χ3v) is 12.8. The Morgan fingerprint density at radius 1 is 0.339 bits per heavy atom. The second-order valence-corrected chi connectivity index (χ2v) is 19.2. The van der Waals surface area contributed by atoms with Crippen molar-refractivity contribution < 1.29 is 23.8 Å². The summed E-state index contributed by atoms with van der Waals surface area (Å²) >= 11 is 0. The standard InChI is InChI=1S/C57H110O5/c1-4-7-10-13-16-19-22-25-27-28-29-30-31-33-35-38-41-44-47-50-56(58)61-54-55(53-60-52-49-46-43-40-37-34-26-23-20-17-14-11-8-5-2)62-57(59)51-48-45-42-39-36-32-24-21-18-15-12-9-6-3/h20,23,55H,4-19,21-22,24-54H2,1-3H3/b23-20-. The first-order valence-corrected chi connectivity index (χ1v) is 28.2. The minimum Gasteiger partial charge on any atom is -0.462 e. The van der Waals surface area contributed by atoms with Gasteiger partial charge in [0.05, 0.1) is 6.61 Å². The molecule has 62 heavy (non-hydrogen) atoms. The van der Waals surface area contributed by atoms with Gasteiger partial charge in [-0.15, -0.1) is 0 Å². The molecule has 0 aliphatic carbocycles. The molecule has 0 bridgehead atoms. The zero-order valence-electron chi connectivity index (χ0n) is 42.4. The molecule has 0 aromatic heterocycles. The lowest BCUT2D eigenvalue weighted by atomic mass is 10.0. The summed E-state index contributed by atoms with van der Waals surface area (Å²) in [4.78, 5) is 25.4. The van der Waals surface area contributed by atoms with Crippen LogP contribution in [0.4, 0.5) is 0 Å². The Kier molecular flexibility index (Phi) is 52.8. The molecule has 0 aromatic rings. The van der Waals surface area contributed by atoms with Crippen molar-refractivity contribution >= 4 is 11.9 Å². The lowest BCUT2D eigenvalue weighted by Crippen LogP contribution is -2.30. The predicted octanol–water partition coefficient (Wildman–Crippen LogP) is 19.0. The molecule has 1 unspecified atom stereocenters. The highest BCUT2D eigenvalue weighted by Gasteiger charge is 2.17. The van der Waals surface area contributed by atoms with Crippen molar-refractivity contribution in [3.8, 4) is 0 Å². The van der Waals surface area contributed by atoms with E-state index >= 15 is 0 Å². The number of carbonyl (C=O) groups excluding carboxylic acids is 2. The summed E-state index contributed by atoms with van der Waals surface area (Å²) in [5.41, 5.74) is 0. The largest absolute Gasteiger partial charge is 0.462 e. The van der Waals surface area contributed by atoms with E-state index in [0.29, 0.717) is 26.1 Å². The molecule has 0 aliphatic rings. The van der Waals surface area contributed by atoms with Crippen molar-refractivity contribution in [1.29, 1.82) is 0 Å². The summed E-state index contributed by atoms with van der Waals surface area (Å²) in [6, 6.07) is 0. The van der Waals surface area contributed by atoms with Crippen molar-refractivity contribution in [2.45, 2.75) is 322 Å². The van der Waals surface area contributed by atoms with E-state index < -0.39 is 6.10 Å². The van der Waals surface area contributed by atoms with Crippen LogP contribution in [0.3, 0.4) is 0 Å². The summed E-state index contributed by atoms with van der Waals surface area (Å²) in [5.74, 6) is -0.375. The third-order valence-electron chi connectivity index (χ3n) is 12.8. The van der Waals surface area contributed by atoms with Crippen LogP contribution in [0.2, 0.25) is 0 Å². The molecule has 0 heterocycles. The number of hydrogen-bond donors (Lipinski definition) is 0. The van der Waals surface area contributed by atoms with Crippen LogP contribution in [0.1, 0.15) is 316 Å². The van der Waals surface area contributed by atoms with Gasteiger partial charge in [-0.05, 0) is 44.9 Å². The monoisotopic (exact) mass is 875 g/mol.